The number of thiophene rings is 1. The predicted octanol–water partition coefficient (Wildman–Crippen LogP) is 2.15. The van der Waals surface area contributed by atoms with Crippen LogP contribution in [0.15, 0.2) is 17.5 Å². The fourth-order valence-electron chi connectivity index (χ4n) is 1.34. The van der Waals surface area contributed by atoms with E-state index in [1.165, 1.54) is 0 Å². The highest BCUT2D eigenvalue weighted by Gasteiger charge is 2.18. The third-order valence-electron chi connectivity index (χ3n) is 1.98. The molecule has 2 nitrogen and oxygen atoms in total. The van der Waals surface area contributed by atoms with Crippen LogP contribution in [-0.4, -0.2) is 11.1 Å². The van der Waals surface area contributed by atoms with Gasteiger partial charge in [-0.25, -0.2) is 0 Å². The molecule has 1 aromatic heterocycles. The Morgan fingerprint density at radius 1 is 1.54 bits per heavy atom. The fourth-order valence-corrected chi connectivity index (χ4v) is 2.13. The van der Waals surface area contributed by atoms with Crippen molar-refractivity contribution in [2.75, 3.05) is 0 Å². The van der Waals surface area contributed by atoms with Crippen molar-refractivity contribution in [2.24, 2.45) is 11.7 Å². The van der Waals surface area contributed by atoms with Gasteiger partial charge < -0.3 is 10.8 Å². The zero-order chi connectivity index (χ0) is 9.84. The first-order chi connectivity index (χ1) is 6.11. The normalized spacial score (nSPS) is 16.1. The Bertz CT molecular complexity index is 233. The Morgan fingerprint density at radius 3 is 2.69 bits per heavy atom. The third kappa shape index (κ3) is 3.10. The van der Waals surface area contributed by atoms with Crippen LogP contribution in [0.3, 0.4) is 0 Å². The molecule has 0 bridgehead atoms. The SMILES string of the molecule is CC(C)CC(N)C(O)c1cccs1. The molecule has 1 rings (SSSR count). The predicted molar refractivity (Wildman–Crippen MR) is 56.7 cm³/mol. The van der Waals surface area contributed by atoms with E-state index in [1.54, 1.807) is 11.3 Å². The van der Waals surface area contributed by atoms with Gasteiger partial charge in [0.2, 0.25) is 0 Å². The zero-order valence-electron chi connectivity index (χ0n) is 8.10. The van der Waals surface area contributed by atoms with Crippen LogP contribution in [-0.2, 0) is 0 Å². The second-order valence-corrected chi connectivity index (χ2v) is 4.73. The second-order valence-electron chi connectivity index (χ2n) is 3.75. The van der Waals surface area contributed by atoms with Crippen LogP contribution in [0.25, 0.3) is 0 Å². The van der Waals surface area contributed by atoms with Crippen LogP contribution >= 0.6 is 11.3 Å². The molecule has 0 saturated heterocycles. The number of rotatable bonds is 4. The van der Waals surface area contributed by atoms with Crippen molar-refractivity contribution in [3.63, 3.8) is 0 Å². The maximum absolute atomic E-state index is 9.81. The maximum Gasteiger partial charge on any atom is 0.103 e. The molecule has 0 aliphatic carbocycles. The van der Waals surface area contributed by atoms with Gasteiger partial charge in [-0.05, 0) is 23.8 Å². The molecule has 13 heavy (non-hydrogen) atoms. The first kappa shape index (κ1) is 10.7. The number of nitrogens with two attached hydrogens (primary N) is 1. The summed E-state index contributed by atoms with van der Waals surface area (Å²) in [6.07, 6.45) is 0.362. The molecule has 0 saturated carbocycles. The summed E-state index contributed by atoms with van der Waals surface area (Å²) in [7, 11) is 0. The van der Waals surface area contributed by atoms with E-state index in [1.807, 2.05) is 17.5 Å². The minimum absolute atomic E-state index is 0.140. The van der Waals surface area contributed by atoms with E-state index in [9.17, 15) is 5.11 Å². The highest BCUT2D eigenvalue weighted by molar-refractivity contribution is 7.10. The Hall–Kier alpha value is -0.380. The van der Waals surface area contributed by atoms with E-state index < -0.39 is 6.10 Å². The van der Waals surface area contributed by atoms with Gasteiger partial charge in [-0.1, -0.05) is 19.9 Å². The van der Waals surface area contributed by atoms with Gasteiger partial charge in [0.1, 0.15) is 6.10 Å². The van der Waals surface area contributed by atoms with E-state index in [0.717, 1.165) is 11.3 Å². The van der Waals surface area contributed by atoms with Crippen LogP contribution < -0.4 is 5.73 Å². The molecule has 0 aliphatic heterocycles. The number of hydrogen-bond donors (Lipinski definition) is 2. The van der Waals surface area contributed by atoms with Crippen molar-refractivity contribution >= 4 is 11.3 Å². The van der Waals surface area contributed by atoms with Crippen molar-refractivity contribution in [1.29, 1.82) is 0 Å². The van der Waals surface area contributed by atoms with Gasteiger partial charge in [0.05, 0.1) is 0 Å². The van der Waals surface area contributed by atoms with Gasteiger partial charge in [0.15, 0.2) is 0 Å². The van der Waals surface area contributed by atoms with Gasteiger partial charge in [0, 0.05) is 10.9 Å². The summed E-state index contributed by atoms with van der Waals surface area (Å²) in [4.78, 5) is 0.966. The van der Waals surface area contributed by atoms with Crippen molar-refractivity contribution < 1.29 is 5.11 Å². The molecule has 0 radical (unpaired) electrons. The summed E-state index contributed by atoms with van der Waals surface area (Å²) in [5, 5.41) is 11.8. The van der Waals surface area contributed by atoms with Crippen LogP contribution in [0.4, 0.5) is 0 Å². The molecular formula is C10H17NOS. The lowest BCUT2D eigenvalue weighted by atomic mass is 9.99. The average molecular weight is 199 g/mol. The standard InChI is InChI=1S/C10H17NOS/c1-7(2)6-8(11)10(12)9-4-3-5-13-9/h3-5,7-8,10,12H,6,11H2,1-2H3. The van der Waals surface area contributed by atoms with Gasteiger partial charge in [-0.2, -0.15) is 0 Å². The minimum Gasteiger partial charge on any atom is -0.386 e. The summed E-state index contributed by atoms with van der Waals surface area (Å²) in [6, 6.07) is 3.72. The Balaban J connectivity index is 2.52. The number of aliphatic hydroxyl groups is 1. The van der Waals surface area contributed by atoms with E-state index >= 15 is 0 Å². The first-order valence-electron chi connectivity index (χ1n) is 4.58. The topological polar surface area (TPSA) is 46.2 Å². The van der Waals surface area contributed by atoms with Gasteiger partial charge in [-0.3, -0.25) is 0 Å². The van der Waals surface area contributed by atoms with Crippen molar-refractivity contribution in [1.82, 2.24) is 0 Å². The Morgan fingerprint density at radius 2 is 2.23 bits per heavy atom. The van der Waals surface area contributed by atoms with Gasteiger partial charge in [0.25, 0.3) is 0 Å². The minimum atomic E-state index is -0.498. The average Bonchev–Trinajstić information content (AvgIpc) is 2.53. The monoisotopic (exact) mass is 199 g/mol. The highest BCUT2D eigenvalue weighted by atomic mass is 32.1. The van der Waals surface area contributed by atoms with E-state index in [-0.39, 0.29) is 6.04 Å². The van der Waals surface area contributed by atoms with Crippen LogP contribution in [0.1, 0.15) is 31.2 Å². The smallest absolute Gasteiger partial charge is 0.103 e. The second kappa shape index (κ2) is 4.74. The molecule has 1 aromatic rings. The van der Waals surface area contributed by atoms with Gasteiger partial charge in [-0.15, -0.1) is 11.3 Å². The molecule has 3 heteroatoms. The molecule has 0 spiro atoms. The number of aliphatic hydroxyl groups excluding tert-OH is 1. The Kier molecular flexibility index (Phi) is 3.90. The lowest BCUT2D eigenvalue weighted by molar-refractivity contribution is 0.139. The van der Waals surface area contributed by atoms with Crippen molar-refractivity contribution in [3.05, 3.63) is 22.4 Å². The number of hydrogen-bond acceptors (Lipinski definition) is 3. The third-order valence-corrected chi connectivity index (χ3v) is 2.93. The van der Waals surface area contributed by atoms with E-state index in [4.69, 9.17) is 5.73 Å². The summed E-state index contributed by atoms with van der Waals surface area (Å²) in [5.41, 5.74) is 5.87. The van der Waals surface area contributed by atoms with Crippen LogP contribution in [0, 0.1) is 5.92 Å². The fraction of sp³-hybridized carbons (Fsp3) is 0.600. The summed E-state index contributed by atoms with van der Waals surface area (Å²) >= 11 is 1.56. The molecular weight excluding hydrogens is 182 g/mol. The lowest BCUT2D eigenvalue weighted by Crippen LogP contribution is -2.29. The summed E-state index contributed by atoms with van der Waals surface area (Å²) in [6.45, 7) is 4.22. The van der Waals surface area contributed by atoms with Crippen LogP contribution in [0.2, 0.25) is 0 Å². The zero-order valence-corrected chi connectivity index (χ0v) is 8.92. The largest absolute Gasteiger partial charge is 0.386 e. The molecule has 1 heterocycles. The quantitative estimate of drug-likeness (QED) is 0.780. The van der Waals surface area contributed by atoms with E-state index in [2.05, 4.69) is 13.8 Å². The molecule has 0 aromatic carbocycles. The van der Waals surface area contributed by atoms with Gasteiger partial charge >= 0.3 is 0 Å². The lowest BCUT2D eigenvalue weighted by Gasteiger charge is -2.19. The molecule has 3 N–H and O–H groups in total. The summed E-state index contributed by atoms with van der Waals surface area (Å²) < 4.78 is 0. The van der Waals surface area contributed by atoms with Crippen molar-refractivity contribution in [3.8, 4) is 0 Å². The molecule has 0 fully saturated rings. The first-order valence-corrected chi connectivity index (χ1v) is 5.46. The highest BCUT2D eigenvalue weighted by Crippen LogP contribution is 2.23. The van der Waals surface area contributed by atoms with Crippen molar-refractivity contribution in [2.45, 2.75) is 32.4 Å². The Labute approximate surface area is 83.4 Å². The molecule has 74 valence electrons. The molecule has 0 amide bonds. The molecule has 0 aliphatic rings. The molecule has 2 atom stereocenters. The maximum atomic E-state index is 9.81. The van der Waals surface area contributed by atoms with Crippen LogP contribution in [0.5, 0.6) is 0 Å². The van der Waals surface area contributed by atoms with E-state index in [0.29, 0.717) is 5.92 Å². The summed E-state index contributed by atoms with van der Waals surface area (Å²) in [5.74, 6) is 0.532. The molecule has 2 unspecified atom stereocenters.